The lowest BCUT2D eigenvalue weighted by Gasteiger charge is -2.09. The van der Waals surface area contributed by atoms with Gasteiger partial charge in [-0.05, 0) is 49.2 Å². The summed E-state index contributed by atoms with van der Waals surface area (Å²) >= 11 is 12.3. The second-order valence-electron chi connectivity index (χ2n) is 5.66. The van der Waals surface area contributed by atoms with Crippen molar-refractivity contribution in [1.29, 1.82) is 0 Å². The lowest BCUT2D eigenvalue weighted by Crippen LogP contribution is -2.24. The van der Waals surface area contributed by atoms with E-state index in [1.807, 2.05) is 13.8 Å². The van der Waals surface area contributed by atoms with Crippen LogP contribution in [0.1, 0.15) is 16.7 Å². The summed E-state index contributed by atoms with van der Waals surface area (Å²) in [6.07, 6.45) is 1.43. The standard InChI is InChI=1S/C18H16Cl2N2O4/c1-10-5-13(6-11(2)16(10)19)24-8-15(23)22-21-7-12-3-4-14-18(17(12)20)26-9-25-14/h3-7H,8-9H2,1-2H3,(H,22,23)/b21-7-. The zero-order valence-electron chi connectivity index (χ0n) is 14.1. The first-order valence-corrected chi connectivity index (χ1v) is 8.51. The minimum absolute atomic E-state index is 0.132. The number of hydrazone groups is 1. The van der Waals surface area contributed by atoms with Crippen LogP contribution in [0.15, 0.2) is 29.4 Å². The van der Waals surface area contributed by atoms with Gasteiger partial charge < -0.3 is 14.2 Å². The third-order valence-electron chi connectivity index (χ3n) is 3.68. The molecule has 0 aromatic heterocycles. The fourth-order valence-corrected chi connectivity index (χ4v) is 2.77. The summed E-state index contributed by atoms with van der Waals surface area (Å²) in [4.78, 5) is 11.9. The number of benzene rings is 2. The number of hydrogen-bond acceptors (Lipinski definition) is 5. The quantitative estimate of drug-likeness (QED) is 0.617. The maximum absolute atomic E-state index is 11.9. The molecule has 0 fully saturated rings. The van der Waals surface area contributed by atoms with Gasteiger partial charge in [0.2, 0.25) is 6.79 Å². The van der Waals surface area contributed by atoms with E-state index < -0.39 is 5.91 Å². The monoisotopic (exact) mass is 394 g/mol. The van der Waals surface area contributed by atoms with Gasteiger partial charge in [0, 0.05) is 10.6 Å². The Labute approximate surface area is 160 Å². The molecule has 0 aliphatic carbocycles. The average molecular weight is 395 g/mol. The van der Waals surface area contributed by atoms with Crippen LogP contribution in [-0.2, 0) is 4.79 Å². The van der Waals surface area contributed by atoms with E-state index in [4.69, 9.17) is 37.4 Å². The SMILES string of the molecule is Cc1cc(OCC(=O)N/N=C\c2ccc3c(c2Cl)OCO3)cc(C)c1Cl. The Balaban J connectivity index is 1.55. The second-order valence-corrected chi connectivity index (χ2v) is 6.41. The number of nitrogens with zero attached hydrogens (tertiary/aromatic N) is 1. The van der Waals surface area contributed by atoms with Crippen LogP contribution in [0.4, 0.5) is 0 Å². The summed E-state index contributed by atoms with van der Waals surface area (Å²) in [5.41, 5.74) is 4.76. The summed E-state index contributed by atoms with van der Waals surface area (Å²) in [5.74, 6) is 1.22. The molecule has 8 heteroatoms. The highest BCUT2D eigenvalue weighted by molar-refractivity contribution is 6.34. The van der Waals surface area contributed by atoms with E-state index in [1.54, 1.807) is 24.3 Å². The molecule has 2 aromatic rings. The fourth-order valence-electron chi connectivity index (χ4n) is 2.40. The maximum Gasteiger partial charge on any atom is 0.277 e. The lowest BCUT2D eigenvalue weighted by molar-refractivity contribution is -0.123. The number of aryl methyl sites for hydroxylation is 2. The van der Waals surface area contributed by atoms with Crippen LogP contribution < -0.4 is 19.6 Å². The van der Waals surface area contributed by atoms with Crippen molar-refractivity contribution in [2.24, 2.45) is 5.10 Å². The molecule has 1 N–H and O–H groups in total. The lowest BCUT2D eigenvalue weighted by atomic mass is 10.1. The predicted molar refractivity (Wildman–Crippen MR) is 99.7 cm³/mol. The zero-order chi connectivity index (χ0) is 18.7. The fraction of sp³-hybridized carbons (Fsp3) is 0.222. The maximum atomic E-state index is 11.9. The van der Waals surface area contributed by atoms with Crippen molar-refractivity contribution in [2.45, 2.75) is 13.8 Å². The number of halogens is 2. The van der Waals surface area contributed by atoms with E-state index in [0.29, 0.717) is 32.9 Å². The number of carbonyl (C=O) groups excluding carboxylic acids is 1. The summed E-state index contributed by atoms with van der Waals surface area (Å²) in [5, 5.41) is 4.95. The molecule has 1 aliphatic heterocycles. The van der Waals surface area contributed by atoms with E-state index in [1.165, 1.54) is 6.21 Å². The molecule has 1 amide bonds. The Bertz CT molecular complexity index is 861. The highest BCUT2D eigenvalue weighted by atomic mass is 35.5. The molecule has 0 saturated heterocycles. The smallest absolute Gasteiger partial charge is 0.277 e. The van der Waals surface area contributed by atoms with E-state index in [2.05, 4.69) is 10.5 Å². The summed E-state index contributed by atoms with van der Waals surface area (Å²) in [6.45, 7) is 3.71. The first-order valence-electron chi connectivity index (χ1n) is 7.75. The topological polar surface area (TPSA) is 69.2 Å². The van der Waals surface area contributed by atoms with Crippen molar-refractivity contribution in [3.05, 3.63) is 51.0 Å². The number of carbonyl (C=O) groups is 1. The second kappa shape index (κ2) is 7.85. The van der Waals surface area contributed by atoms with Crippen molar-refractivity contribution in [3.63, 3.8) is 0 Å². The van der Waals surface area contributed by atoms with Crippen molar-refractivity contribution in [2.75, 3.05) is 13.4 Å². The molecular formula is C18H16Cl2N2O4. The Morgan fingerprint density at radius 2 is 1.96 bits per heavy atom. The minimum atomic E-state index is -0.400. The van der Waals surface area contributed by atoms with Gasteiger partial charge in [0.05, 0.1) is 11.2 Å². The van der Waals surface area contributed by atoms with Crippen LogP contribution in [0.25, 0.3) is 0 Å². The molecule has 0 atom stereocenters. The third-order valence-corrected chi connectivity index (χ3v) is 4.67. The third kappa shape index (κ3) is 4.03. The molecule has 0 radical (unpaired) electrons. The molecule has 0 bridgehead atoms. The number of fused-ring (bicyclic) bond motifs is 1. The van der Waals surface area contributed by atoms with Gasteiger partial charge in [0.15, 0.2) is 18.1 Å². The van der Waals surface area contributed by atoms with E-state index in [-0.39, 0.29) is 13.4 Å². The molecule has 1 heterocycles. The molecule has 1 aliphatic rings. The minimum Gasteiger partial charge on any atom is -0.484 e. The Kier molecular flexibility index (Phi) is 5.54. The number of ether oxygens (including phenoxy) is 3. The van der Waals surface area contributed by atoms with Crippen LogP contribution in [0.5, 0.6) is 17.2 Å². The Morgan fingerprint density at radius 1 is 1.23 bits per heavy atom. The van der Waals surface area contributed by atoms with Crippen molar-refractivity contribution < 1.29 is 19.0 Å². The van der Waals surface area contributed by atoms with Gasteiger partial charge in [0.25, 0.3) is 5.91 Å². The molecule has 0 unspecified atom stereocenters. The van der Waals surface area contributed by atoms with Crippen molar-refractivity contribution in [3.8, 4) is 17.2 Å². The van der Waals surface area contributed by atoms with Gasteiger partial charge in [-0.2, -0.15) is 5.10 Å². The first kappa shape index (κ1) is 18.4. The van der Waals surface area contributed by atoms with Crippen LogP contribution in [0.3, 0.4) is 0 Å². The predicted octanol–water partition coefficient (Wildman–Crippen LogP) is 3.87. The first-order chi connectivity index (χ1) is 12.5. The summed E-state index contributed by atoms with van der Waals surface area (Å²) in [6, 6.07) is 7.00. The van der Waals surface area contributed by atoms with Crippen LogP contribution in [-0.4, -0.2) is 25.5 Å². The molecule has 0 saturated carbocycles. The number of nitrogens with one attached hydrogen (secondary N) is 1. The molecule has 26 heavy (non-hydrogen) atoms. The molecule has 136 valence electrons. The van der Waals surface area contributed by atoms with E-state index in [9.17, 15) is 4.79 Å². The Morgan fingerprint density at radius 3 is 2.69 bits per heavy atom. The van der Waals surface area contributed by atoms with Gasteiger partial charge in [-0.15, -0.1) is 0 Å². The van der Waals surface area contributed by atoms with Gasteiger partial charge >= 0.3 is 0 Å². The van der Waals surface area contributed by atoms with Crippen LogP contribution in [0.2, 0.25) is 10.0 Å². The number of rotatable bonds is 5. The molecule has 6 nitrogen and oxygen atoms in total. The highest BCUT2D eigenvalue weighted by Gasteiger charge is 2.18. The molecule has 2 aromatic carbocycles. The van der Waals surface area contributed by atoms with Crippen molar-refractivity contribution in [1.82, 2.24) is 5.43 Å². The van der Waals surface area contributed by atoms with Gasteiger partial charge in [-0.25, -0.2) is 5.43 Å². The zero-order valence-corrected chi connectivity index (χ0v) is 15.6. The van der Waals surface area contributed by atoms with Gasteiger partial charge in [-0.3, -0.25) is 4.79 Å². The molecule has 0 spiro atoms. The number of amides is 1. The summed E-state index contributed by atoms with van der Waals surface area (Å²) < 4.78 is 16.0. The van der Waals surface area contributed by atoms with Crippen LogP contribution in [0, 0.1) is 13.8 Å². The van der Waals surface area contributed by atoms with E-state index >= 15 is 0 Å². The summed E-state index contributed by atoms with van der Waals surface area (Å²) in [7, 11) is 0. The van der Waals surface area contributed by atoms with Gasteiger partial charge in [0.1, 0.15) is 5.75 Å². The van der Waals surface area contributed by atoms with Crippen LogP contribution >= 0.6 is 23.2 Å². The molecular weight excluding hydrogens is 379 g/mol. The van der Waals surface area contributed by atoms with E-state index in [0.717, 1.165) is 11.1 Å². The van der Waals surface area contributed by atoms with Crippen molar-refractivity contribution >= 4 is 35.3 Å². The molecule has 3 rings (SSSR count). The van der Waals surface area contributed by atoms with Gasteiger partial charge in [-0.1, -0.05) is 23.2 Å². The highest BCUT2D eigenvalue weighted by Crippen LogP contribution is 2.40. The normalized spacial score (nSPS) is 12.5. The Hall–Kier alpha value is -2.44. The largest absolute Gasteiger partial charge is 0.484 e. The average Bonchev–Trinajstić information content (AvgIpc) is 3.09. The number of hydrogen-bond donors (Lipinski definition) is 1.